The maximum Gasteiger partial charge on any atom is 0.259 e. The zero-order valence-electron chi connectivity index (χ0n) is 13.4. The van der Waals surface area contributed by atoms with E-state index < -0.39 is 0 Å². The van der Waals surface area contributed by atoms with Crippen LogP contribution in [0, 0.1) is 6.92 Å². The van der Waals surface area contributed by atoms with E-state index in [0.29, 0.717) is 40.2 Å². The molecule has 24 heavy (non-hydrogen) atoms. The summed E-state index contributed by atoms with van der Waals surface area (Å²) in [6, 6.07) is 10.4. The molecule has 128 valence electrons. The van der Waals surface area contributed by atoms with Crippen molar-refractivity contribution in [2.24, 2.45) is 5.73 Å². The third-order valence-electron chi connectivity index (χ3n) is 3.42. The predicted molar refractivity (Wildman–Crippen MR) is 99.4 cm³/mol. The first-order valence-electron chi connectivity index (χ1n) is 7.71. The van der Waals surface area contributed by atoms with Crippen LogP contribution in [0.1, 0.15) is 28.8 Å². The third-order valence-corrected chi connectivity index (χ3v) is 3.96. The number of ether oxygens (including phenoxy) is 1. The minimum absolute atomic E-state index is 0.322. The number of hydrogen-bond acceptors (Lipinski definition) is 3. The summed E-state index contributed by atoms with van der Waals surface area (Å²) in [7, 11) is 0. The molecule has 2 rings (SSSR count). The SMILES string of the molecule is Cc1ccc(NC(=O)c2cc(Cl)ccc2OCCCCN)c(Cl)c1. The molecule has 0 unspecified atom stereocenters. The maximum absolute atomic E-state index is 12.6. The van der Waals surface area contributed by atoms with Gasteiger partial charge in [-0.25, -0.2) is 0 Å². The van der Waals surface area contributed by atoms with Gasteiger partial charge in [0.25, 0.3) is 5.91 Å². The molecule has 0 aliphatic carbocycles. The van der Waals surface area contributed by atoms with E-state index in [1.54, 1.807) is 30.3 Å². The largest absolute Gasteiger partial charge is 0.493 e. The zero-order chi connectivity index (χ0) is 17.5. The molecule has 2 aromatic carbocycles. The van der Waals surface area contributed by atoms with Crippen molar-refractivity contribution in [3.05, 3.63) is 57.6 Å². The Morgan fingerprint density at radius 2 is 1.96 bits per heavy atom. The van der Waals surface area contributed by atoms with Gasteiger partial charge in [-0.3, -0.25) is 4.79 Å². The molecule has 0 fully saturated rings. The Kier molecular flexibility index (Phi) is 6.91. The normalized spacial score (nSPS) is 10.5. The Labute approximate surface area is 151 Å². The molecule has 4 nitrogen and oxygen atoms in total. The number of anilines is 1. The monoisotopic (exact) mass is 366 g/mol. The van der Waals surface area contributed by atoms with E-state index in [4.69, 9.17) is 33.7 Å². The van der Waals surface area contributed by atoms with Crippen molar-refractivity contribution in [2.75, 3.05) is 18.5 Å². The third kappa shape index (κ3) is 5.13. The summed E-state index contributed by atoms with van der Waals surface area (Å²) in [5.41, 5.74) is 7.40. The summed E-state index contributed by atoms with van der Waals surface area (Å²) < 4.78 is 5.69. The van der Waals surface area contributed by atoms with Gasteiger partial charge < -0.3 is 15.8 Å². The van der Waals surface area contributed by atoms with Crippen molar-refractivity contribution in [3.8, 4) is 5.75 Å². The van der Waals surface area contributed by atoms with Crippen molar-refractivity contribution in [1.82, 2.24) is 0 Å². The molecule has 0 aromatic heterocycles. The number of aryl methyl sites for hydroxylation is 1. The molecule has 2 aromatic rings. The predicted octanol–water partition coefficient (Wildman–Crippen LogP) is 4.67. The van der Waals surface area contributed by atoms with Crippen LogP contribution in [0.2, 0.25) is 10.0 Å². The average Bonchev–Trinajstić information content (AvgIpc) is 2.55. The maximum atomic E-state index is 12.6. The first-order chi connectivity index (χ1) is 11.5. The molecular formula is C18H20Cl2N2O2. The summed E-state index contributed by atoms with van der Waals surface area (Å²) in [6.45, 7) is 3.04. The van der Waals surface area contributed by atoms with Gasteiger partial charge >= 0.3 is 0 Å². The minimum atomic E-state index is -0.322. The molecule has 1 amide bonds. The fourth-order valence-corrected chi connectivity index (χ4v) is 2.60. The second kappa shape index (κ2) is 8.92. The number of amides is 1. The summed E-state index contributed by atoms with van der Waals surface area (Å²) >= 11 is 12.2. The lowest BCUT2D eigenvalue weighted by Crippen LogP contribution is -2.14. The number of carbonyl (C=O) groups excluding carboxylic acids is 1. The fourth-order valence-electron chi connectivity index (χ4n) is 2.15. The number of unbranched alkanes of at least 4 members (excludes halogenated alkanes) is 1. The van der Waals surface area contributed by atoms with Gasteiger partial charge in [0.2, 0.25) is 0 Å². The second-order valence-electron chi connectivity index (χ2n) is 5.42. The van der Waals surface area contributed by atoms with E-state index in [-0.39, 0.29) is 5.91 Å². The van der Waals surface area contributed by atoms with Crippen LogP contribution >= 0.6 is 23.2 Å². The Morgan fingerprint density at radius 1 is 1.17 bits per heavy atom. The Morgan fingerprint density at radius 3 is 2.67 bits per heavy atom. The molecule has 0 radical (unpaired) electrons. The smallest absolute Gasteiger partial charge is 0.259 e. The van der Waals surface area contributed by atoms with Gasteiger partial charge in [-0.1, -0.05) is 29.3 Å². The minimum Gasteiger partial charge on any atom is -0.493 e. The lowest BCUT2D eigenvalue weighted by Gasteiger charge is -2.13. The van der Waals surface area contributed by atoms with Crippen molar-refractivity contribution in [2.45, 2.75) is 19.8 Å². The number of nitrogens with two attached hydrogens (primary N) is 1. The van der Waals surface area contributed by atoms with Gasteiger partial charge in [0.15, 0.2) is 0 Å². The second-order valence-corrected chi connectivity index (χ2v) is 6.27. The Balaban J connectivity index is 2.16. The van der Waals surface area contributed by atoms with E-state index in [9.17, 15) is 4.79 Å². The van der Waals surface area contributed by atoms with Gasteiger partial charge in [0.05, 0.1) is 22.9 Å². The lowest BCUT2D eigenvalue weighted by atomic mass is 10.1. The van der Waals surface area contributed by atoms with Crippen molar-refractivity contribution in [1.29, 1.82) is 0 Å². The zero-order valence-corrected chi connectivity index (χ0v) is 15.0. The first kappa shape index (κ1) is 18.6. The number of hydrogen-bond donors (Lipinski definition) is 2. The average molecular weight is 367 g/mol. The van der Waals surface area contributed by atoms with Crippen LogP contribution in [0.5, 0.6) is 5.75 Å². The van der Waals surface area contributed by atoms with Crippen LogP contribution in [0.3, 0.4) is 0 Å². The quantitative estimate of drug-likeness (QED) is 0.699. The van der Waals surface area contributed by atoms with Gasteiger partial charge in [0.1, 0.15) is 5.75 Å². The molecule has 3 N–H and O–H groups in total. The van der Waals surface area contributed by atoms with E-state index in [1.165, 1.54) is 0 Å². The topological polar surface area (TPSA) is 64.3 Å². The van der Waals surface area contributed by atoms with Gasteiger partial charge in [-0.15, -0.1) is 0 Å². The fraction of sp³-hybridized carbons (Fsp3) is 0.278. The number of carbonyl (C=O) groups is 1. The van der Waals surface area contributed by atoms with E-state index in [1.807, 2.05) is 13.0 Å². The molecule has 0 heterocycles. The Bertz CT molecular complexity index is 720. The summed E-state index contributed by atoms with van der Waals surface area (Å²) in [5, 5.41) is 3.74. The summed E-state index contributed by atoms with van der Waals surface area (Å²) in [4.78, 5) is 12.6. The van der Waals surface area contributed by atoms with Crippen LogP contribution in [0.4, 0.5) is 5.69 Å². The number of halogens is 2. The van der Waals surface area contributed by atoms with Gasteiger partial charge in [-0.2, -0.15) is 0 Å². The summed E-state index contributed by atoms with van der Waals surface area (Å²) in [5.74, 6) is 0.161. The molecule has 0 spiro atoms. The van der Waals surface area contributed by atoms with Gasteiger partial charge in [0, 0.05) is 5.02 Å². The van der Waals surface area contributed by atoms with Crippen LogP contribution in [-0.4, -0.2) is 19.1 Å². The standard InChI is InChI=1S/C18H20Cl2N2O2/c1-12-4-6-16(15(20)10-12)22-18(23)14-11-13(19)5-7-17(14)24-9-3-2-8-21/h4-7,10-11H,2-3,8-9,21H2,1H3,(H,22,23). The highest BCUT2D eigenvalue weighted by Crippen LogP contribution is 2.27. The van der Waals surface area contributed by atoms with E-state index in [0.717, 1.165) is 18.4 Å². The number of nitrogens with one attached hydrogen (secondary N) is 1. The van der Waals surface area contributed by atoms with Gasteiger partial charge in [-0.05, 0) is 62.2 Å². The molecular weight excluding hydrogens is 347 g/mol. The molecule has 0 saturated heterocycles. The van der Waals surface area contributed by atoms with E-state index in [2.05, 4.69) is 5.32 Å². The van der Waals surface area contributed by atoms with Crippen molar-refractivity contribution < 1.29 is 9.53 Å². The first-order valence-corrected chi connectivity index (χ1v) is 8.47. The summed E-state index contributed by atoms with van der Waals surface area (Å²) in [6.07, 6.45) is 1.69. The van der Waals surface area contributed by atoms with Crippen LogP contribution < -0.4 is 15.8 Å². The highest BCUT2D eigenvalue weighted by Gasteiger charge is 2.15. The molecule has 0 atom stereocenters. The van der Waals surface area contributed by atoms with Crippen molar-refractivity contribution in [3.63, 3.8) is 0 Å². The number of rotatable bonds is 7. The number of benzene rings is 2. The lowest BCUT2D eigenvalue weighted by molar-refractivity contribution is 0.102. The van der Waals surface area contributed by atoms with Crippen LogP contribution in [-0.2, 0) is 0 Å². The highest BCUT2D eigenvalue weighted by molar-refractivity contribution is 6.34. The molecule has 0 aliphatic rings. The van der Waals surface area contributed by atoms with Crippen LogP contribution in [0.15, 0.2) is 36.4 Å². The van der Waals surface area contributed by atoms with Crippen molar-refractivity contribution >= 4 is 34.8 Å². The highest BCUT2D eigenvalue weighted by atomic mass is 35.5. The Hall–Kier alpha value is -1.75. The van der Waals surface area contributed by atoms with Crippen LogP contribution in [0.25, 0.3) is 0 Å². The molecule has 0 aliphatic heterocycles. The molecule has 0 bridgehead atoms. The molecule has 6 heteroatoms. The van der Waals surface area contributed by atoms with E-state index >= 15 is 0 Å². The molecule has 0 saturated carbocycles.